The molecule has 0 aromatic heterocycles. The van der Waals surface area contributed by atoms with Gasteiger partial charge in [0.15, 0.2) is 9.84 Å². The smallest absolute Gasteiger partial charge is 0.224 e. The van der Waals surface area contributed by atoms with Crippen molar-refractivity contribution in [3.05, 3.63) is 0 Å². The Labute approximate surface area is 105 Å². The molecule has 0 bridgehead atoms. The Morgan fingerprint density at radius 3 is 2.56 bits per heavy atom. The van der Waals surface area contributed by atoms with Gasteiger partial charge in [-0.05, 0) is 19.8 Å². The minimum Gasteiger partial charge on any atom is -0.353 e. The first-order valence-electron chi connectivity index (χ1n) is 5.45. The molecule has 1 heterocycles. The Bertz CT molecular complexity index is 353. The number of hydrogen-bond acceptors (Lipinski definition) is 3. The highest BCUT2D eigenvalue weighted by Crippen LogP contribution is 2.19. The first-order chi connectivity index (χ1) is 7.30. The van der Waals surface area contributed by atoms with Gasteiger partial charge >= 0.3 is 0 Å². The van der Waals surface area contributed by atoms with Gasteiger partial charge < -0.3 is 5.32 Å². The van der Waals surface area contributed by atoms with Crippen molar-refractivity contribution in [1.29, 1.82) is 0 Å². The SMILES string of the molecule is CC(Br)CC(C)NC(=O)C1CCS(=O)(=O)C1. The molecular weight excluding hydrogens is 294 g/mol. The van der Waals surface area contributed by atoms with Crippen molar-refractivity contribution in [3.8, 4) is 0 Å². The number of rotatable bonds is 4. The second-order valence-electron chi connectivity index (χ2n) is 4.53. The van der Waals surface area contributed by atoms with Crippen LogP contribution in [0.4, 0.5) is 0 Å². The summed E-state index contributed by atoms with van der Waals surface area (Å²) in [5, 5.41) is 2.86. The summed E-state index contributed by atoms with van der Waals surface area (Å²) >= 11 is 3.42. The van der Waals surface area contributed by atoms with Gasteiger partial charge in [0, 0.05) is 10.9 Å². The molecule has 1 fully saturated rings. The largest absolute Gasteiger partial charge is 0.353 e. The monoisotopic (exact) mass is 311 g/mol. The Kier molecular flexibility index (Phi) is 4.79. The Hall–Kier alpha value is -0.100. The highest BCUT2D eigenvalue weighted by Gasteiger charge is 2.33. The van der Waals surface area contributed by atoms with Crippen LogP contribution in [0.25, 0.3) is 0 Å². The number of carbonyl (C=O) groups excluding carboxylic acids is 1. The summed E-state index contributed by atoms with van der Waals surface area (Å²) in [7, 11) is -2.97. The first kappa shape index (κ1) is 14.0. The fourth-order valence-corrected chi connectivity index (χ4v) is 4.21. The van der Waals surface area contributed by atoms with E-state index in [1.807, 2.05) is 13.8 Å². The number of amides is 1. The summed E-state index contributed by atoms with van der Waals surface area (Å²) in [4.78, 5) is 12.1. The zero-order valence-corrected chi connectivity index (χ0v) is 12.0. The zero-order valence-electron chi connectivity index (χ0n) is 9.57. The molecule has 6 heteroatoms. The molecule has 3 unspecified atom stereocenters. The quantitative estimate of drug-likeness (QED) is 0.791. The van der Waals surface area contributed by atoms with Gasteiger partial charge in [0.2, 0.25) is 5.91 Å². The van der Waals surface area contributed by atoms with Crippen LogP contribution in [0.2, 0.25) is 0 Å². The van der Waals surface area contributed by atoms with Crippen LogP contribution >= 0.6 is 15.9 Å². The highest BCUT2D eigenvalue weighted by molar-refractivity contribution is 9.09. The number of hydrogen-bond donors (Lipinski definition) is 1. The summed E-state index contributed by atoms with van der Waals surface area (Å²) < 4.78 is 22.4. The lowest BCUT2D eigenvalue weighted by Gasteiger charge is -2.17. The molecule has 0 saturated carbocycles. The van der Waals surface area contributed by atoms with Gasteiger partial charge in [0.1, 0.15) is 0 Å². The molecule has 16 heavy (non-hydrogen) atoms. The van der Waals surface area contributed by atoms with Gasteiger partial charge in [-0.3, -0.25) is 4.79 Å². The van der Waals surface area contributed by atoms with Crippen LogP contribution in [0.1, 0.15) is 26.7 Å². The topological polar surface area (TPSA) is 63.2 Å². The second kappa shape index (κ2) is 5.49. The number of sulfone groups is 1. The summed E-state index contributed by atoms with van der Waals surface area (Å²) in [5.41, 5.74) is 0. The average Bonchev–Trinajstić information content (AvgIpc) is 2.44. The number of nitrogens with one attached hydrogen (secondary N) is 1. The van der Waals surface area contributed by atoms with Crippen molar-refractivity contribution in [2.45, 2.75) is 37.6 Å². The molecule has 94 valence electrons. The lowest BCUT2D eigenvalue weighted by atomic mass is 10.1. The van der Waals surface area contributed by atoms with Crippen LogP contribution in [-0.4, -0.2) is 36.7 Å². The molecule has 0 aromatic carbocycles. The Balaban J connectivity index is 2.42. The molecule has 1 rings (SSSR count). The van der Waals surface area contributed by atoms with Crippen molar-refractivity contribution >= 4 is 31.7 Å². The molecule has 1 aliphatic rings. The average molecular weight is 312 g/mol. The van der Waals surface area contributed by atoms with E-state index in [0.29, 0.717) is 11.2 Å². The molecule has 1 aliphatic heterocycles. The predicted molar refractivity (Wildman–Crippen MR) is 67.4 cm³/mol. The second-order valence-corrected chi connectivity index (χ2v) is 8.32. The molecule has 1 saturated heterocycles. The van der Waals surface area contributed by atoms with E-state index in [1.165, 1.54) is 0 Å². The molecule has 0 aromatic rings. The molecule has 0 aliphatic carbocycles. The van der Waals surface area contributed by atoms with Crippen molar-refractivity contribution in [2.75, 3.05) is 11.5 Å². The van der Waals surface area contributed by atoms with Gasteiger partial charge in [0.05, 0.1) is 17.4 Å². The van der Waals surface area contributed by atoms with Gasteiger partial charge in [0.25, 0.3) is 0 Å². The zero-order chi connectivity index (χ0) is 12.3. The number of halogens is 1. The van der Waals surface area contributed by atoms with E-state index >= 15 is 0 Å². The van der Waals surface area contributed by atoms with Crippen LogP contribution in [0.5, 0.6) is 0 Å². The lowest BCUT2D eigenvalue weighted by molar-refractivity contribution is -0.124. The summed E-state index contributed by atoms with van der Waals surface area (Å²) in [6.07, 6.45) is 1.30. The van der Waals surface area contributed by atoms with Gasteiger partial charge in [-0.15, -0.1) is 0 Å². The van der Waals surface area contributed by atoms with Gasteiger partial charge in [-0.2, -0.15) is 0 Å². The van der Waals surface area contributed by atoms with Crippen LogP contribution < -0.4 is 5.32 Å². The van der Waals surface area contributed by atoms with Gasteiger partial charge in [-0.1, -0.05) is 22.9 Å². The van der Waals surface area contributed by atoms with Crippen molar-refractivity contribution < 1.29 is 13.2 Å². The van der Waals surface area contributed by atoms with Crippen molar-refractivity contribution in [3.63, 3.8) is 0 Å². The van der Waals surface area contributed by atoms with Gasteiger partial charge in [-0.25, -0.2) is 8.42 Å². The molecule has 0 spiro atoms. The molecule has 1 N–H and O–H groups in total. The van der Waals surface area contributed by atoms with E-state index in [2.05, 4.69) is 21.2 Å². The highest BCUT2D eigenvalue weighted by atomic mass is 79.9. The fraction of sp³-hybridized carbons (Fsp3) is 0.900. The Morgan fingerprint density at radius 2 is 2.12 bits per heavy atom. The van der Waals surface area contributed by atoms with E-state index < -0.39 is 9.84 Å². The lowest BCUT2D eigenvalue weighted by Crippen LogP contribution is -2.38. The first-order valence-corrected chi connectivity index (χ1v) is 8.19. The maximum Gasteiger partial charge on any atom is 0.224 e. The minimum atomic E-state index is -2.97. The standard InChI is InChI=1S/C10H18BrNO3S/c1-7(11)5-8(2)12-10(13)9-3-4-16(14,15)6-9/h7-9H,3-6H2,1-2H3,(H,12,13). The molecule has 0 radical (unpaired) electrons. The molecular formula is C10H18BrNO3S. The van der Waals surface area contributed by atoms with Crippen molar-refractivity contribution in [2.24, 2.45) is 5.92 Å². The van der Waals surface area contributed by atoms with E-state index in [9.17, 15) is 13.2 Å². The maximum absolute atomic E-state index is 11.7. The van der Waals surface area contributed by atoms with Crippen molar-refractivity contribution in [1.82, 2.24) is 5.32 Å². The third-order valence-electron chi connectivity index (χ3n) is 2.67. The summed E-state index contributed by atoms with van der Waals surface area (Å²) in [6.45, 7) is 3.95. The summed E-state index contributed by atoms with van der Waals surface area (Å²) in [5.74, 6) is -0.316. The van der Waals surface area contributed by atoms with E-state index in [4.69, 9.17) is 0 Å². The van der Waals surface area contributed by atoms with Crippen LogP contribution in [0.15, 0.2) is 0 Å². The predicted octanol–water partition coefficient (Wildman–Crippen LogP) is 1.10. The Morgan fingerprint density at radius 1 is 1.50 bits per heavy atom. The normalized spacial score (nSPS) is 27.3. The minimum absolute atomic E-state index is 0.00934. The summed E-state index contributed by atoms with van der Waals surface area (Å²) in [6, 6.07) is 0.0742. The molecule has 4 nitrogen and oxygen atoms in total. The van der Waals surface area contributed by atoms with E-state index in [-0.39, 0.29) is 29.4 Å². The number of alkyl halides is 1. The third-order valence-corrected chi connectivity index (χ3v) is 4.81. The fourth-order valence-electron chi connectivity index (χ4n) is 1.91. The van der Waals surface area contributed by atoms with Crippen LogP contribution in [-0.2, 0) is 14.6 Å². The van der Waals surface area contributed by atoms with E-state index in [0.717, 1.165) is 6.42 Å². The van der Waals surface area contributed by atoms with Crippen LogP contribution in [0.3, 0.4) is 0 Å². The number of carbonyl (C=O) groups is 1. The maximum atomic E-state index is 11.7. The molecule has 1 amide bonds. The third kappa shape index (κ3) is 4.41. The van der Waals surface area contributed by atoms with Crippen LogP contribution in [0, 0.1) is 5.92 Å². The van der Waals surface area contributed by atoms with E-state index in [1.54, 1.807) is 0 Å². The molecule has 3 atom stereocenters.